The summed E-state index contributed by atoms with van der Waals surface area (Å²) in [6.07, 6.45) is 1.09. The summed E-state index contributed by atoms with van der Waals surface area (Å²) < 4.78 is 31.0. The smallest absolute Gasteiger partial charge is 0.243 e. The van der Waals surface area contributed by atoms with Crippen LogP contribution in [0, 0.1) is 0 Å². The van der Waals surface area contributed by atoms with Crippen molar-refractivity contribution in [2.45, 2.75) is 26.4 Å². The zero-order valence-corrected chi connectivity index (χ0v) is 16.0. The summed E-state index contributed by atoms with van der Waals surface area (Å²) in [4.78, 5) is 12.5. The predicted molar refractivity (Wildman–Crippen MR) is 103 cm³/mol. The molecule has 0 fully saturated rings. The maximum absolute atomic E-state index is 12.5. The average molecular weight is 376 g/mol. The number of anilines is 1. The summed E-state index contributed by atoms with van der Waals surface area (Å²) in [5.41, 5.74) is 1.36. The number of benzene rings is 2. The summed E-state index contributed by atoms with van der Waals surface area (Å²) in [5, 5.41) is 2.78. The number of nitrogens with zero attached hydrogens (tertiary/aromatic N) is 1. The first-order chi connectivity index (χ1) is 12.3. The minimum atomic E-state index is -3.64. The number of hydrogen-bond donors (Lipinski definition) is 1. The number of ether oxygens (including phenoxy) is 1. The molecular formula is C19H24N2O4S. The molecule has 1 amide bonds. The molecule has 140 valence electrons. The number of sulfonamides is 1. The standard InChI is InChI=1S/C19H24N2O4S/c1-4-25-18-12-10-17(11-13-18)21(26(3,23)24)15(2)19(22)20-14-16-8-6-5-7-9-16/h5-13,15H,4,14H2,1-3H3,(H,20,22)/t15-/m1/s1. The lowest BCUT2D eigenvalue weighted by molar-refractivity contribution is -0.122. The molecular weight excluding hydrogens is 352 g/mol. The number of amides is 1. The van der Waals surface area contributed by atoms with Crippen LogP contribution in [0.15, 0.2) is 54.6 Å². The molecule has 0 radical (unpaired) electrons. The fourth-order valence-corrected chi connectivity index (χ4v) is 3.77. The molecule has 0 spiro atoms. The van der Waals surface area contributed by atoms with Gasteiger partial charge in [0.1, 0.15) is 11.8 Å². The quantitative estimate of drug-likeness (QED) is 0.768. The highest BCUT2D eigenvalue weighted by atomic mass is 32.2. The highest BCUT2D eigenvalue weighted by Gasteiger charge is 2.28. The molecule has 0 bridgehead atoms. The minimum absolute atomic E-state index is 0.338. The van der Waals surface area contributed by atoms with Crippen LogP contribution >= 0.6 is 0 Å². The van der Waals surface area contributed by atoms with Gasteiger partial charge >= 0.3 is 0 Å². The molecule has 0 aliphatic rings. The molecule has 0 heterocycles. The highest BCUT2D eigenvalue weighted by Crippen LogP contribution is 2.24. The van der Waals surface area contributed by atoms with Crippen LogP contribution in [0.5, 0.6) is 5.75 Å². The number of nitrogens with one attached hydrogen (secondary N) is 1. The Morgan fingerprint density at radius 1 is 1.12 bits per heavy atom. The van der Waals surface area contributed by atoms with E-state index in [1.807, 2.05) is 37.3 Å². The number of hydrogen-bond acceptors (Lipinski definition) is 4. The maximum atomic E-state index is 12.5. The summed E-state index contributed by atoms with van der Waals surface area (Å²) in [6, 6.07) is 15.2. The van der Waals surface area contributed by atoms with Crippen LogP contribution in [-0.2, 0) is 21.4 Å². The van der Waals surface area contributed by atoms with E-state index in [-0.39, 0.29) is 5.91 Å². The Morgan fingerprint density at radius 3 is 2.27 bits per heavy atom. The van der Waals surface area contributed by atoms with Crippen LogP contribution in [0.25, 0.3) is 0 Å². The van der Waals surface area contributed by atoms with Crippen LogP contribution in [0.1, 0.15) is 19.4 Å². The van der Waals surface area contributed by atoms with Crippen molar-refractivity contribution in [1.82, 2.24) is 5.32 Å². The summed E-state index contributed by atoms with van der Waals surface area (Å²) >= 11 is 0. The van der Waals surface area contributed by atoms with Gasteiger partial charge < -0.3 is 10.1 Å². The third kappa shape index (κ3) is 5.23. The molecule has 2 rings (SSSR count). The Morgan fingerprint density at radius 2 is 1.73 bits per heavy atom. The lowest BCUT2D eigenvalue weighted by Gasteiger charge is -2.28. The van der Waals surface area contributed by atoms with Gasteiger partial charge in [0.05, 0.1) is 18.6 Å². The van der Waals surface area contributed by atoms with Crippen molar-refractivity contribution in [3.8, 4) is 5.75 Å². The second-order valence-electron chi connectivity index (χ2n) is 5.87. The Labute approximate surface area is 154 Å². The van der Waals surface area contributed by atoms with Gasteiger partial charge in [-0.3, -0.25) is 9.10 Å². The lowest BCUT2D eigenvalue weighted by Crippen LogP contribution is -2.47. The van der Waals surface area contributed by atoms with Gasteiger partial charge in [-0.05, 0) is 43.7 Å². The van der Waals surface area contributed by atoms with Crippen LogP contribution in [0.4, 0.5) is 5.69 Å². The van der Waals surface area contributed by atoms with E-state index in [2.05, 4.69) is 5.32 Å². The second kappa shape index (κ2) is 8.71. The van der Waals surface area contributed by atoms with E-state index in [9.17, 15) is 13.2 Å². The average Bonchev–Trinajstić information content (AvgIpc) is 2.61. The molecule has 2 aromatic carbocycles. The number of carbonyl (C=O) groups is 1. The van der Waals surface area contributed by atoms with E-state index in [1.165, 1.54) is 0 Å². The van der Waals surface area contributed by atoms with Crippen molar-refractivity contribution in [2.24, 2.45) is 0 Å². The monoisotopic (exact) mass is 376 g/mol. The first kappa shape index (κ1) is 19.8. The first-order valence-electron chi connectivity index (χ1n) is 8.37. The molecule has 0 saturated carbocycles. The lowest BCUT2D eigenvalue weighted by atomic mass is 10.2. The predicted octanol–water partition coefficient (Wildman–Crippen LogP) is 2.56. The number of carbonyl (C=O) groups excluding carboxylic acids is 1. The molecule has 0 aromatic heterocycles. The van der Waals surface area contributed by atoms with E-state index in [1.54, 1.807) is 31.2 Å². The molecule has 7 heteroatoms. The molecule has 0 aliphatic heterocycles. The summed E-state index contributed by atoms with van der Waals surface area (Å²) in [5.74, 6) is 0.277. The van der Waals surface area contributed by atoms with Crippen molar-refractivity contribution < 1.29 is 17.9 Å². The Bertz CT molecular complexity index is 820. The molecule has 0 aliphatic carbocycles. The van der Waals surface area contributed by atoms with Crippen molar-refractivity contribution in [2.75, 3.05) is 17.2 Å². The van der Waals surface area contributed by atoms with E-state index < -0.39 is 16.1 Å². The summed E-state index contributed by atoms with van der Waals surface area (Å²) in [7, 11) is -3.64. The fourth-order valence-electron chi connectivity index (χ4n) is 2.60. The SMILES string of the molecule is CCOc1ccc(N([C@H](C)C(=O)NCc2ccccc2)S(C)(=O)=O)cc1. The molecule has 1 N–H and O–H groups in total. The molecule has 0 unspecified atom stereocenters. The first-order valence-corrected chi connectivity index (χ1v) is 10.2. The van der Waals surface area contributed by atoms with Gasteiger partial charge in [-0.2, -0.15) is 0 Å². The zero-order chi connectivity index (χ0) is 19.2. The van der Waals surface area contributed by atoms with Crippen molar-refractivity contribution in [3.63, 3.8) is 0 Å². The van der Waals surface area contributed by atoms with Crippen molar-refractivity contribution in [3.05, 3.63) is 60.2 Å². The molecule has 6 nitrogen and oxygen atoms in total. The normalized spacial score (nSPS) is 12.3. The van der Waals surface area contributed by atoms with Crippen LogP contribution in [-0.4, -0.2) is 33.2 Å². The fraction of sp³-hybridized carbons (Fsp3) is 0.316. The summed E-state index contributed by atoms with van der Waals surface area (Å²) in [6.45, 7) is 4.30. The molecule has 2 aromatic rings. The van der Waals surface area contributed by atoms with Gasteiger partial charge in [0.15, 0.2) is 0 Å². The van der Waals surface area contributed by atoms with Gasteiger partial charge in [-0.15, -0.1) is 0 Å². The van der Waals surface area contributed by atoms with E-state index in [0.717, 1.165) is 16.1 Å². The zero-order valence-electron chi connectivity index (χ0n) is 15.2. The highest BCUT2D eigenvalue weighted by molar-refractivity contribution is 7.92. The number of rotatable bonds is 8. The topological polar surface area (TPSA) is 75.7 Å². The van der Waals surface area contributed by atoms with Crippen LogP contribution in [0.2, 0.25) is 0 Å². The molecule has 0 saturated heterocycles. The second-order valence-corrected chi connectivity index (χ2v) is 7.72. The van der Waals surface area contributed by atoms with Gasteiger partial charge in [-0.25, -0.2) is 8.42 Å². The van der Waals surface area contributed by atoms with Crippen molar-refractivity contribution >= 4 is 21.6 Å². The Balaban J connectivity index is 2.16. The van der Waals surface area contributed by atoms with E-state index >= 15 is 0 Å². The third-order valence-electron chi connectivity index (χ3n) is 3.80. The molecule has 1 atom stereocenters. The van der Waals surface area contributed by atoms with Gasteiger partial charge in [0, 0.05) is 6.54 Å². The van der Waals surface area contributed by atoms with Gasteiger partial charge in [-0.1, -0.05) is 30.3 Å². The van der Waals surface area contributed by atoms with Crippen LogP contribution < -0.4 is 14.4 Å². The van der Waals surface area contributed by atoms with Crippen LogP contribution in [0.3, 0.4) is 0 Å². The van der Waals surface area contributed by atoms with Gasteiger partial charge in [0.2, 0.25) is 15.9 Å². The third-order valence-corrected chi connectivity index (χ3v) is 5.04. The molecule has 26 heavy (non-hydrogen) atoms. The Hall–Kier alpha value is -2.54. The van der Waals surface area contributed by atoms with E-state index in [0.29, 0.717) is 24.6 Å². The van der Waals surface area contributed by atoms with Gasteiger partial charge in [0.25, 0.3) is 0 Å². The van der Waals surface area contributed by atoms with E-state index in [4.69, 9.17) is 4.74 Å². The Kier molecular flexibility index (Phi) is 6.63. The largest absolute Gasteiger partial charge is 0.494 e. The van der Waals surface area contributed by atoms with Crippen molar-refractivity contribution in [1.29, 1.82) is 0 Å². The maximum Gasteiger partial charge on any atom is 0.243 e. The minimum Gasteiger partial charge on any atom is -0.494 e.